The zero-order valence-corrected chi connectivity index (χ0v) is 20.0. The number of carboxylic acids is 1. The monoisotopic (exact) mass is 489 g/mol. The van der Waals surface area contributed by atoms with Crippen molar-refractivity contribution < 1.29 is 19.5 Å². The largest absolute Gasteiger partial charge is 0.480 e. The van der Waals surface area contributed by atoms with E-state index in [0.717, 1.165) is 12.0 Å². The predicted octanol–water partition coefficient (Wildman–Crippen LogP) is 4.89. The van der Waals surface area contributed by atoms with Gasteiger partial charge in [-0.3, -0.25) is 14.6 Å². The molecule has 0 saturated heterocycles. The highest BCUT2D eigenvalue weighted by molar-refractivity contribution is 6.40. The molecule has 33 heavy (non-hydrogen) atoms. The van der Waals surface area contributed by atoms with Crippen molar-refractivity contribution >= 4 is 46.5 Å². The smallest absolute Gasteiger partial charge is 0.326 e. The highest BCUT2D eigenvalue weighted by Gasteiger charge is 2.46. The first-order chi connectivity index (χ1) is 15.6. The number of Topliss-reactive ketones (excluding diaryl/α,β-unsaturated/α-hetero) is 1. The molecule has 3 rings (SSSR count). The van der Waals surface area contributed by atoms with Crippen LogP contribution in [0.4, 0.5) is 5.69 Å². The number of nitrogens with zero attached hydrogens (tertiary/aromatic N) is 1. The number of ketones is 1. The topological polar surface area (TPSA) is 108 Å². The molecule has 1 heterocycles. The average Bonchev–Trinajstić information content (AvgIpc) is 2.76. The van der Waals surface area contributed by atoms with Crippen LogP contribution in [-0.4, -0.2) is 33.8 Å². The van der Waals surface area contributed by atoms with E-state index in [9.17, 15) is 19.5 Å². The number of hydrogen-bond donors (Lipinski definition) is 3. The predicted molar refractivity (Wildman–Crippen MR) is 128 cm³/mol. The Morgan fingerprint density at radius 2 is 1.73 bits per heavy atom. The van der Waals surface area contributed by atoms with Crippen LogP contribution < -0.4 is 10.6 Å². The van der Waals surface area contributed by atoms with E-state index in [1.165, 1.54) is 12.4 Å². The van der Waals surface area contributed by atoms with Crippen LogP contribution in [0.5, 0.6) is 0 Å². The lowest BCUT2D eigenvalue weighted by Crippen LogP contribution is -2.51. The maximum absolute atomic E-state index is 12.5. The first-order valence-electron chi connectivity index (χ1n) is 10.5. The van der Waals surface area contributed by atoms with E-state index < -0.39 is 23.3 Å². The summed E-state index contributed by atoms with van der Waals surface area (Å²) in [5, 5.41) is 15.8. The summed E-state index contributed by atoms with van der Waals surface area (Å²) in [4.78, 5) is 40.6. The second kappa shape index (κ2) is 9.93. The Bertz CT molecular complexity index is 1110. The molecule has 0 unspecified atom stereocenters. The molecule has 1 amide bonds. The van der Waals surface area contributed by atoms with Crippen molar-refractivity contribution in [2.45, 2.75) is 46.1 Å². The van der Waals surface area contributed by atoms with Gasteiger partial charge in [0.25, 0.3) is 5.91 Å². The SMILES string of the molecule is CCCC1=C(N[C@@H](Cc2ccc(NC(=O)c3c(Cl)cncc3Cl)cc2)C(=O)O)C(C)(C)C1=O. The fraction of sp³-hybridized carbons (Fsp3) is 0.333. The molecule has 2 aromatic rings. The Morgan fingerprint density at radius 3 is 2.27 bits per heavy atom. The van der Waals surface area contributed by atoms with Gasteiger partial charge in [-0.1, -0.05) is 48.7 Å². The number of allylic oxidation sites excluding steroid dienone is 2. The lowest BCUT2D eigenvalue weighted by atomic mass is 9.67. The molecule has 1 atom stereocenters. The number of carboxylic acid groups (broad SMARTS) is 1. The zero-order chi connectivity index (χ0) is 24.3. The van der Waals surface area contributed by atoms with Crippen LogP contribution in [0.3, 0.4) is 0 Å². The van der Waals surface area contributed by atoms with Crippen molar-refractivity contribution in [1.29, 1.82) is 0 Å². The van der Waals surface area contributed by atoms with E-state index in [1.54, 1.807) is 38.1 Å². The van der Waals surface area contributed by atoms with Gasteiger partial charge in [0.1, 0.15) is 6.04 Å². The van der Waals surface area contributed by atoms with Gasteiger partial charge in [0.15, 0.2) is 5.78 Å². The first kappa shape index (κ1) is 24.7. The number of rotatable bonds is 9. The molecule has 7 nitrogen and oxygen atoms in total. The Kier molecular flexibility index (Phi) is 7.44. The minimum absolute atomic E-state index is 0.0606. The molecule has 0 spiro atoms. The number of pyridine rings is 1. The normalized spacial score (nSPS) is 15.6. The van der Waals surface area contributed by atoms with Gasteiger partial charge in [-0.15, -0.1) is 0 Å². The second-order valence-electron chi connectivity index (χ2n) is 8.43. The molecule has 174 valence electrons. The van der Waals surface area contributed by atoms with Crippen LogP contribution in [0.15, 0.2) is 47.9 Å². The van der Waals surface area contributed by atoms with E-state index in [-0.39, 0.29) is 27.8 Å². The molecular formula is C24H25Cl2N3O4. The van der Waals surface area contributed by atoms with E-state index >= 15 is 0 Å². The molecule has 0 fully saturated rings. The van der Waals surface area contributed by atoms with Crippen molar-refractivity contribution in [3.63, 3.8) is 0 Å². The highest BCUT2D eigenvalue weighted by atomic mass is 35.5. The molecule has 1 aromatic heterocycles. The quantitative estimate of drug-likeness (QED) is 0.462. The summed E-state index contributed by atoms with van der Waals surface area (Å²) in [7, 11) is 0. The van der Waals surface area contributed by atoms with Crippen molar-refractivity contribution in [3.05, 3.63) is 69.1 Å². The number of nitrogens with one attached hydrogen (secondary N) is 2. The molecular weight excluding hydrogens is 465 g/mol. The number of benzene rings is 1. The molecule has 1 aliphatic carbocycles. The Hall–Kier alpha value is -2.90. The maximum Gasteiger partial charge on any atom is 0.326 e. The Morgan fingerprint density at radius 1 is 1.12 bits per heavy atom. The van der Waals surface area contributed by atoms with Crippen molar-refractivity contribution in [3.8, 4) is 0 Å². The Balaban J connectivity index is 1.72. The van der Waals surface area contributed by atoms with Crippen LogP contribution >= 0.6 is 23.2 Å². The molecule has 0 radical (unpaired) electrons. The molecule has 1 aliphatic rings. The molecule has 0 bridgehead atoms. The van der Waals surface area contributed by atoms with Gasteiger partial charge in [0.2, 0.25) is 0 Å². The molecule has 0 saturated carbocycles. The highest BCUT2D eigenvalue weighted by Crippen LogP contribution is 2.42. The number of aromatic nitrogens is 1. The van der Waals surface area contributed by atoms with E-state index in [2.05, 4.69) is 15.6 Å². The third-order valence-corrected chi connectivity index (χ3v) is 6.19. The van der Waals surface area contributed by atoms with E-state index in [1.807, 2.05) is 6.92 Å². The van der Waals surface area contributed by atoms with Gasteiger partial charge < -0.3 is 15.7 Å². The summed E-state index contributed by atoms with van der Waals surface area (Å²) in [6, 6.07) is 5.93. The average molecular weight is 490 g/mol. The van der Waals surface area contributed by atoms with Crippen LogP contribution in [0.1, 0.15) is 49.5 Å². The van der Waals surface area contributed by atoms with Crippen LogP contribution in [0.2, 0.25) is 10.0 Å². The van der Waals surface area contributed by atoms with Gasteiger partial charge in [-0.2, -0.15) is 0 Å². The van der Waals surface area contributed by atoms with E-state index in [0.29, 0.717) is 23.4 Å². The molecule has 3 N–H and O–H groups in total. The van der Waals surface area contributed by atoms with Crippen molar-refractivity contribution in [2.24, 2.45) is 5.41 Å². The summed E-state index contributed by atoms with van der Waals surface area (Å²) >= 11 is 12.0. The molecule has 1 aromatic carbocycles. The number of halogens is 2. The fourth-order valence-corrected chi connectivity index (χ4v) is 4.37. The number of carbonyl (C=O) groups excluding carboxylic acids is 2. The number of amides is 1. The first-order valence-corrected chi connectivity index (χ1v) is 11.3. The van der Waals surface area contributed by atoms with Crippen LogP contribution in [0.25, 0.3) is 0 Å². The number of aliphatic carboxylic acids is 1. The second-order valence-corrected chi connectivity index (χ2v) is 9.24. The minimum atomic E-state index is -1.01. The summed E-state index contributed by atoms with van der Waals surface area (Å²) in [6.07, 6.45) is 4.31. The van der Waals surface area contributed by atoms with Gasteiger partial charge in [-0.25, -0.2) is 4.79 Å². The lowest BCUT2D eigenvalue weighted by Gasteiger charge is -2.40. The summed E-state index contributed by atoms with van der Waals surface area (Å²) in [5.74, 6) is -1.42. The number of hydrogen-bond acceptors (Lipinski definition) is 5. The fourth-order valence-electron chi connectivity index (χ4n) is 3.83. The maximum atomic E-state index is 12.5. The number of anilines is 1. The minimum Gasteiger partial charge on any atom is -0.480 e. The van der Waals surface area contributed by atoms with Crippen molar-refractivity contribution in [1.82, 2.24) is 10.3 Å². The Labute approximate surface area is 202 Å². The third kappa shape index (κ3) is 5.20. The van der Waals surface area contributed by atoms with Crippen molar-refractivity contribution in [2.75, 3.05) is 5.32 Å². The standard InChI is InChI=1S/C24H25Cl2N3O4/c1-4-5-15-20(24(2,3)21(15)30)29-18(23(32)33)10-13-6-8-14(9-7-13)28-22(31)19-16(25)11-27-12-17(19)26/h6-9,11-12,18,29H,4-5,10H2,1-3H3,(H,28,31)(H,32,33)/t18-/m0/s1. The lowest BCUT2D eigenvalue weighted by molar-refractivity contribution is -0.139. The molecule has 9 heteroatoms. The van der Waals surface area contributed by atoms with Gasteiger partial charge in [-0.05, 0) is 38.0 Å². The zero-order valence-electron chi connectivity index (χ0n) is 18.5. The van der Waals surface area contributed by atoms with Gasteiger partial charge >= 0.3 is 5.97 Å². The van der Waals surface area contributed by atoms with E-state index in [4.69, 9.17) is 23.2 Å². The van der Waals surface area contributed by atoms with Crippen LogP contribution in [-0.2, 0) is 16.0 Å². The number of carbonyl (C=O) groups is 3. The summed E-state index contributed by atoms with van der Waals surface area (Å²) in [6.45, 7) is 5.58. The van der Waals surface area contributed by atoms with Crippen LogP contribution in [0, 0.1) is 5.41 Å². The molecule has 0 aliphatic heterocycles. The summed E-state index contributed by atoms with van der Waals surface area (Å²) < 4.78 is 0. The summed E-state index contributed by atoms with van der Waals surface area (Å²) in [5.41, 5.74) is 2.07. The van der Waals surface area contributed by atoms with Gasteiger partial charge in [0.05, 0.1) is 21.0 Å². The van der Waals surface area contributed by atoms with Gasteiger partial charge in [0, 0.05) is 35.8 Å². The third-order valence-electron chi connectivity index (χ3n) is 5.62.